The topological polar surface area (TPSA) is 104 Å². The lowest BCUT2D eigenvalue weighted by molar-refractivity contribution is -0.131. The van der Waals surface area contributed by atoms with Crippen LogP contribution in [0.1, 0.15) is 12.0 Å². The third-order valence-electron chi connectivity index (χ3n) is 5.33. The van der Waals surface area contributed by atoms with E-state index < -0.39 is 16.1 Å². The van der Waals surface area contributed by atoms with E-state index in [-0.39, 0.29) is 18.2 Å². The van der Waals surface area contributed by atoms with Gasteiger partial charge in [0.1, 0.15) is 5.82 Å². The first-order valence-electron chi connectivity index (χ1n) is 10.2. The van der Waals surface area contributed by atoms with Gasteiger partial charge in [0.15, 0.2) is 0 Å². The van der Waals surface area contributed by atoms with Crippen LogP contribution in [0.2, 0.25) is 0 Å². The quantitative estimate of drug-likeness (QED) is 0.680. The summed E-state index contributed by atoms with van der Waals surface area (Å²) in [7, 11) is -3.46. The van der Waals surface area contributed by atoms with Crippen molar-refractivity contribution in [1.82, 2.24) is 14.6 Å². The zero-order valence-corrected chi connectivity index (χ0v) is 17.9. The molecule has 2 aliphatic heterocycles. The molecule has 1 aromatic heterocycles. The Labute approximate surface area is 181 Å². The predicted molar refractivity (Wildman–Crippen MR) is 117 cm³/mol. The first-order chi connectivity index (χ1) is 15.0. The van der Waals surface area contributed by atoms with Crippen LogP contribution in [0.5, 0.6) is 0 Å². The van der Waals surface area contributed by atoms with Gasteiger partial charge < -0.3 is 15.1 Å². The monoisotopic (exact) mass is 443 g/mol. The van der Waals surface area contributed by atoms with Crippen molar-refractivity contribution in [3.63, 3.8) is 0 Å². The predicted octanol–water partition coefficient (Wildman–Crippen LogP) is 0.843. The molecule has 2 aliphatic rings. The molecule has 4 rings (SSSR count). The number of nitrogens with one attached hydrogen (secondary N) is 1. The molecule has 9 nitrogen and oxygen atoms in total. The van der Waals surface area contributed by atoms with Crippen molar-refractivity contribution in [3.05, 3.63) is 60.3 Å². The van der Waals surface area contributed by atoms with Gasteiger partial charge in [-0.05, 0) is 17.7 Å². The van der Waals surface area contributed by atoms with Gasteiger partial charge in [0.25, 0.3) is 5.91 Å². The largest absolute Gasteiger partial charge is 0.382 e. The molecule has 1 unspecified atom stereocenters. The molecule has 1 aromatic carbocycles. The summed E-state index contributed by atoms with van der Waals surface area (Å²) in [5, 5.41) is 6.65. The molecule has 0 radical (unpaired) electrons. The Morgan fingerprint density at radius 2 is 1.81 bits per heavy atom. The third-order valence-corrected chi connectivity index (χ3v) is 7.20. The van der Waals surface area contributed by atoms with Gasteiger partial charge in [-0.2, -0.15) is 4.31 Å². The summed E-state index contributed by atoms with van der Waals surface area (Å²) >= 11 is 0. The smallest absolute Gasteiger partial charge is 0.264 e. The zero-order valence-electron chi connectivity index (χ0n) is 17.1. The standard InChI is InChI=1S/C21H25N5O4S/c27-21(19-16-18(24-30-19)17-6-2-1-3-7-17)23-10-15-31(28,29)26-13-11-25(12-14-26)20-8-4-5-9-22-20/h1-9,19H,10-16H2,(H,23,27). The van der Waals surface area contributed by atoms with Crippen LogP contribution >= 0.6 is 0 Å². The normalized spacial score (nSPS) is 19.5. The second kappa shape index (κ2) is 9.44. The molecule has 31 heavy (non-hydrogen) atoms. The van der Waals surface area contributed by atoms with Gasteiger partial charge in [-0.15, -0.1) is 0 Å². The Balaban J connectivity index is 1.21. The van der Waals surface area contributed by atoms with E-state index in [2.05, 4.69) is 20.4 Å². The van der Waals surface area contributed by atoms with E-state index in [0.29, 0.717) is 38.3 Å². The number of rotatable bonds is 7. The van der Waals surface area contributed by atoms with E-state index in [9.17, 15) is 13.2 Å². The lowest BCUT2D eigenvalue weighted by Crippen LogP contribution is -2.50. The van der Waals surface area contributed by atoms with Gasteiger partial charge in [0.05, 0.1) is 11.5 Å². The third kappa shape index (κ3) is 5.20. The highest BCUT2D eigenvalue weighted by Crippen LogP contribution is 2.17. The molecular weight excluding hydrogens is 418 g/mol. The van der Waals surface area contributed by atoms with Crippen LogP contribution in [-0.2, 0) is 19.7 Å². The molecule has 3 heterocycles. The lowest BCUT2D eigenvalue weighted by atomic mass is 10.0. The summed E-state index contributed by atoms with van der Waals surface area (Å²) in [5.74, 6) is 0.340. The minimum atomic E-state index is -3.46. The molecule has 1 N–H and O–H groups in total. The number of amides is 1. The van der Waals surface area contributed by atoms with E-state index in [1.54, 1.807) is 6.20 Å². The summed E-state index contributed by atoms with van der Waals surface area (Å²) in [6.45, 7) is 1.98. The second-order valence-corrected chi connectivity index (χ2v) is 9.47. The van der Waals surface area contributed by atoms with Gasteiger partial charge in [-0.25, -0.2) is 13.4 Å². The first kappa shape index (κ1) is 21.3. The van der Waals surface area contributed by atoms with Crippen molar-refractivity contribution < 1.29 is 18.0 Å². The van der Waals surface area contributed by atoms with Gasteiger partial charge in [0.2, 0.25) is 16.1 Å². The summed E-state index contributed by atoms with van der Waals surface area (Å²) in [6, 6.07) is 15.2. The Kier molecular flexibility index (Phi) is 6.47. The fourth-order valence-electron chi connectivity index (χ4n) is 3.60. The van der Waals surface area contributed by atoms with Crippen LogP contribution in [0.15, 0.2) is 59.9 Å². The molecule has 0 aliphatic carbocycles. The summed E-state index contributed by atoms with van der Waals surface area (Å²) in [4.78, 5) is 24.0. The SMILES string of the molecule is O=C(NCCS(=O)(=O)N1CCN(c2ccccn2)CC1)C1CC(c2ccccc2)=NO1. The Morgan fingerprint density at radius 1 is 1.06 bits per heavy atom. The van der Waals surface area contributed by atoms with Crippen molar-refractivity contribution in [1.29, 1.82) is 0 Å². The summed E-state index contributed by atoms with van der Waals surface area (Å²) in [5.41, 5.74) is 1.62. The minimum absolute atomic E-state index is 0.0299. The van der Waals surface area contributed by atoms with Crippen LogP contribution in [0, 0.1) is 0 Å². The summed E-state index contributed by atoms with van der Waals surface area (Å²) in [6.07, 6.45) is 1.35. The highest BCUT2D eigenvalue weighted by molar-refractivity contribution is 7.89. The van der Waals surface area contributed by atoms with E-state index in [0.717, 1.165) is 11.4 Å². The molecule has 164 valence electrons. The van der Waals surface area contributed by atoms with Gasteiger partial charge in [-0.3, -0.25) is 4.79 Å². The maximum Gasteiger partial charge on any atom is 0.264 e. The van der Waals surface area contributed by atoms with Crippen LogP contribution < -0.4 is 10.2 Å². The highest BCUT2D eigenvalue weighted by atomic mass is 32.2. The molecule has 0 bridgehead atoms. The number of sulfonamides is 1. The fraction of sp³-hybridized carbons (Fsp3) is 0.381. The average molecular weight is 444 g/mol. The molecule has 10 heteroatoms. The van der Waals surface area contributed by atoms with Crippen LogP contribution in [0.25, 0.3) is 0 Å². The van der Waals surface area contributed by atoms with Crippen molar-refractivity contribution in [2.45, 2.75) is 12.5 Å². The number of pyridine rings is 1. The Hall–Kier alpha value is -2.98. The molecule has 1 fully saturated rings. The van der Waals surface area contributed by atoms with Crippen LogP contribution in [0.3, 0.4) is 0 Å². The maximum absolute atomic E-state index is 12.7. The molecule has 0 spiro atoms. The zero-order chi connectivity index (χ0) is 21.7. The number of carbonyl (C=O) groups is 1. The maximum atomic E-state index is 12.7. The van der Waals surface area contributed by atoms with Crippen LogP contribution in [0.4, 0.5) is 5.82 Å². The number of oxime groups is 1. The molecule has 1 amide bonds. The van der Waals surface area contributed by atoms with Gasteiger partial charge >= 0.3 is 0 Å². The Bertz CT molecular complexity index is 1020. The number of hydrogen-bond donors (Lipinski definition) is 1. The number of aromatic nitrogens is 1. The number of carbonyl (C=O) groups excluding carboxylic acids is 1. The molecule has 0 saturated carbocycles. The second-order valence-electron chi connectivity index (χ2n) is 7.38. The number of anilines is 1. The molecule has 2 aromatic rings. The molecular formula is C21H25N5O4S. The van der Waals surface area contributed by atoms with Crippen molar-refractivity contribution in [2.75, 3.05) is 43.4 Å². The number of nitrogens with zero attached hydrogens (tertiary/aromatic N) is 4. The number of piperazine rings is 1. The van der Waals surface area contributed by atoms with Crippen molar-refractivity contribution in [2.24, 2.45) is 5.16 Å². The lowest BCUT2D eigenvalue weighted by Gasteiger charge is -2.34. The van der Waals surface area contributed by atoms with E-state index in [1.165, 1.54) is 4.31 Å². The van der Waals surface area contributed by atoms with Gasteiger partial charge in [0, 0.05) is 45.3 Å². The minimum Gasteiger partial charge on any atom is -0.382 e. The number of hydrogen-bond acceptors (Lipinski definition) is 7. The average Bonchev–Trinajstić information content (AvgIpc) is 3.31. The fourth-order valence-corrected chi connectivity index (χ4v) is 4.94. The summed E-state index contributed by atoms with van der Waals surface area (Å²) < 4.78 is 26.8. The first-order valence-corrected chi connectivity index (χ1v) is 11.8. The highest BCUT2D eigenvalue weighted by Gasteiger charge is 2.30. The number of benzene rings is 1. The van der Waals surface area contributed by atoms with E-state index >= 15 is 0 Å². The Morgan fingerprint density at radius 3 is 2.52 bits per heavy atom. The van der Waals surface area contributed by atoms with E-state index in [1.807, 2.05) is 48.5 Å². The van der Waals surface area contributed by atoms with E-state index in [4.69, 9.17) is 4.84 Å². The van der Waals surface area contributed by atoms with Crippen molar-refractivity contribution in [3.8, 4) is 0 Å². The van der Waals surface area contributed by atoms with Crippen LogP contribution in [-0.4, -0.2) is 73.9 Å². The van der Waals surface area contributed by atoms with Crippen molar-refractivity contribution >= 4 is 27.5 Å². The molecule has 1 saturated heterocycles. The van der Waals surface area contributed by atoms with Gasteiger partial charge in [-0.1, -0.05) is 41.6 Å². The molecule has 1 atom stereocenters.